The van der Waals surface area contributed by atoms with Gasteiger partial charge < -0.3 is 16.0 Å². The van der Waals surface area contributed by atoms with Crippen LogP contribution < -0.4 is 11.1 Å². The van der Waals surface area contributed by atoms with Gasteiger partial charge in [-0.2, -0.15) is 0 Å². The summed E-state index contributed by atoms with van der Waals surface area (Å²) in [7, 11) is -2.25. The zero-order chi connectivity index (χ0) is 21.5. The van der Waals surface area contributed by atoms with Gasteiger partial charge in [0, 0.05) is 34.3 Å². The van der Waals surface area contributed by atoms with Crippen LogP contribution in [0.25, 0.3) is 22.8 Å². The van der Waals surface area contributed by atoms with E-state index in [1.54, 1.807) is 24.5 Å². The summed E-state index contributed by atoms with van der Waals surface area (Å²) < 4.78 is 12.1. The van der Waals surface area contributed by atoms with E-state index in [9.17, 15) is 13.8 Å². The minimum atomic E-state index is -2.25. The van der Waals surface area contributed by atoms with Gasteiger partial charge >= 0.3 is 0 Å². The molecule has 0 saturated heterocycles. The standard InChI is InChI=1S/C23H21N3O3S/c1-30(2,29)18-6-4-15(5-7-18)16-11-17(25-13-16)12-20-19-9-14(10-22(24)27)3-8-21(19)26-23(20)28/h3-9,11-13,25H,1,10H2,2H3,(H2,24,27)(H,26,28)/b20-12-. The third kappa shape index (κ3) is 3.92. The van der Waals surface area contributed by atoms with Crippen LogP contribution in [0.15, 0.2) is 59.6 Å². The fraction of sp³-hybridized carbons (Fsp3) is 0.0870. The van der Waals surface area contributed by atoms with Crippen molar-refractivity contribution in [2.75, 3.05) is 11.6 Å². The Morgan fingerprint density at radius 1 is 1.13 bits per heavy atom. The zero-order valence-corrected chi connectivity index (χ0v) is 17.2. The molecule has 0 saturated carbocycles. The quantitative estimate of drug-likeness (QED) is 0.437. The van der Waals surface area contributed by atoms with E-state index >= 15 is 0 Å². The van der Waals surface area contributed by atoms with Crippen LogP contribution in [0.4, 0.5) is 5.69 Å². The summed E-state index contributed by atoms with van der Waals surface area (Å²) in [5, 5.41) is 2.84. The number of anilines is 1. The maximum absolute atomic E-state index is 12.5. The molecular weight excluding hydrogens is 398 g/mol. The molecule has 152 valence electrons. The molecule has 1 unspecified atom stereocenters. The van der Waals surface area contributed by atoms with Crippen molar-refractivity contribution in [2.24, 2.45) is 5.73 Å². The molecule has 2 aromatic carbocycles. The first-order chi connectivity index (χ1) is 14.2. The highest BCUT2D eigenvalue weighted by molar-refractivity contribution is 7.99. The third-order valence-corrected chi connectivity index (χ3v) is 6.21. The molecule has 0 aliphatic carbocycles. The largest absolute Gasteiger partial charge is 0.369 e. The van der Waals surface area contributed by atoms with Crippen LogP contribution in [-0.2, 0) is 25.5 Å². The lowest BCUT2D eigenvalue weighted by molar-refractivity contribution is -0.117. The first-order valence-electron chi connectivity index (χ1n) is 9.26. The summed E-state index contributed by atoms with van der Waals surface area (Å²) in [6.07, 6.45) is 5.37. The van der Waals surface area contributed by atoms with Crippen LogP contribution in [0.3, 0.4) is 0 Å². The van der Waals surface area contributed by atoms with Gasteiger partial charge in [-0.3, -0.25) is 13.8 Å². The Morgan fingerprint density at radius 3 is 2.53 bits per heavy atom. The fourth-order valence-electron chi connectivity index (χ4n) is 3.44. The van der Waals surface area contributed by atoms with Crippen LogP contribution in [0, 0.1) is 0 Å². The Balaban J connectivity index is 1.65. The monoisotopic (exact) mass is 419 g/mol. The smallest absolute Gasteiger partial charge is 0.256 e. The van der Waals surface area contributed by atoms with E-state index in [0.29, 0.717) is 16.2 Å². The normalized spacial score (nSPS) is 16.2. The molecule has 1 aliphatic heterocycles. The predicted molar refractivity (Wildman–Crippen MR) is 122 cm³/mol. The second kappa shape index (κ2) is 7.35. The molecule has 1 atom stereocenters. The summed E-state index contributed by atoms with van der Waals surface area (Å²) in [5.74, 6) is 3.08. The second-order valence-corrected chi connectivity index (χ2v) is 9.89. The molecule has 30 heavy (non-hydrogen) atoms. The van der Waals surface area contributed by atoms with Crippen molar-refractivity contribution in [3.63, 3.8) is 0 Å². The highest BCUT2D eigenvalue weighted by Crippen LogP contribution is 2.34. The molecule has 4 rings (SSSR count). The van der Waals surface area contributed by atoms with Crippen LogP contribution >= 0.6 is 0 Å². The predicted octanol–water partition coefficient (Wildman–Crippen LogP) is 2.91. The van der Waals surface area contributed by atoms with Gasteiger partial charge in [0.1, 0.15) is 0 Å². The van der Waals surface area contributed by atoms with Crippen LogP contribution in [0.1, 0.15) is 16.8 Å². The minimum absolute atomic E-state index is 0.120. The fourth-order valence-corrected chi connectivity index (χ4v) is 4.15. The topological polar surface area (TPSA) is 105 Å². The number of primary amides is 1. The number of rotatable bonds is 5. The number of aromatic nitrogens is 1. The van der Waals surface area contributed by atoms with E-state index in [4.69, 9.17) is 5.73 Å². The molecule has 0 radical (unpaired) electrons. The number of benzene rings is 2. The average molecular weight is 420 g/mol. The van der Waals surface area contributed by atoms with Gasteiger partial charge in [0.2, 0.25) is 5.91 Å². The molecule has 2 amide bonds. The lowest BCUT2D eigenvalue weighted by Gasteiger charge is -2.04. The Bertz CT molecular complexity index is 1300. The lowest BCUT2D eigenvalue weighted by atomic mass is 10.0. The molecule has 1 aromatic heterocycles. The molecule has 0 bridgehead atoms. The number of nitrogens with two attached hydrogens (primary N) is 1. The average Bonchev–Trinajstić information content (AvgIpc) is 3.26. The molecule has 3 aromatic rings. The highest BCUT2D eigenvalue weighted by atomic mass is 32.2. The molecule has 0 fully saturated rings. The number of carbonyl (C=O) groups is 2. The number of amides is 2. The zero-order valence-electron chi connectivity index (χ0n) is 16.4. The number of aromatic amines is 1. The summed E-state index contributed by atoms with van der Waals surface area (Å²) in [6, 6.07) is 14.7. The van der Waals surface area contributed by atoms with Crippen molar-refractivity contribution < 1.29 is 13.8 Å². The summed E-state index contributed by atoms with van der Waals surface area (Å²) in [5.41, 5.74) is 10.7. The number of H-pyrrole nitrogens is 1. The molecular formula is C23H21N3O3S. The summed E-state index contributed by atoms with van der Waals surface area (Å²) in [6.45, 7) is 0. The van der Waals surface area contributed by atoms with E-state index in [-0.39, 0.29) is 12.3 Å². The number of carbonyl (C=O) groups excluding carboxylic acids is 2. The molecule has 4 N–H and O–H groups in total. The van der Waals surface area contributed by atoms with Gasteiger partial charge in [0.15, 0.2) is 0 Å². The van der Waals surface area contributed by atoms with E-state index in [2.05, 4.69) is 16.2 Å². The Hall–Kier alpha value is -3.58. The number of hydrogen-bond acceptors (Lipinski definition) is 3. The van der Waals surface area contributed by atoms with Crippen LogP contribution in [0.5, 0.6) is 0 Å². The van der Waals surface area contributed by atoms with Crippen molar-refractivity contribution >= 4 is 44.5 Å². The van der Waals surface area contributed by atoms with Gasteiger partial charge in [-0.1, -0.05) is 18.2 Å². The van der Waals surface area contributed by atoms with E-state index in [1.165, 1.54) is 0 Å². The third-order valence-electron chi connectivity index (χ3n) is 4.94. The van der Waals surface area contributed by atoms with E-state index < -0.39 is 15.4 Å². The minimum Gasteiger partial charge on any atom is -0.369 e. The highest BCUT2D eigenvalue weighted by Gasteiger charge is 2.24. The Labute approximate surface area is 174 Å². The maximum atomic E-state index is 12.5. The first-order valence-corrected chi connectivity index (χ1v) is 11.4. The van der Waals surface area contributed by atoms with Crippen molar-refractivity contribution in [1.29, 1.82) is 0 Å². The lowest BCUT2D eigenvalue weighted by Crippen LogP contribution is -2.13. The molecule has 0 spiro atoms. The van der Waals surface area contributed by atoms with Crippen molar-refractivity contribution in [2.45, 2.75) is 11.3 Å². The van der Waals surface area contributed by atoms with Gasteiger partial charge in [0.25, 0.3) is 5.91 Å². The number of hydrogen-bond donors (Lipinski definition) is 3. The molecule has 2 heterocycles. The van der Waals surface area contributed by atoms with Crippen molar-refractivity contribution in [3.05, 3.63) is 71.5 Å². The summed E-state index contributed by atoms with van der Waals surface area (Å²) >= 11 is 0. The van der Waals surface area contributed by atoms with E-state index in [0.717, 1.165) is 27.9 Å². The Morgan fingerprint density at radius 2 is 1.87 bits per heavy atom. The molecule has 6 nitrogen and oxygen atoms in total. The second-order valence-electron chi connectivity index (χ2n) is 7.41. The molecule has 1 aliphatic rings. The van der Waals surface area contributed by atoms with E-state index in [1.807, 2.05) is 42.6 Å². The van der Waals surface area contributed by atoms with Gasteiger partial charge in [-0.05, 0) is 68.5 Å². The van der Waals surface area contributed by atoms with Crippen LogP contribution in [-0.4, -0.2) is 33.1 Å². The van der Waals surface area contributed by atoms with Gasteiger partial charge in [0.05, 0.1) is 12.0 Å². The SMILES string of the molecule is C=S(C)(=O)c1ccc(-c2c[nH]c(/C=C3\C(=O)Nc4ccc(CC(N)=O)cc43)c2)cc1. The van der Waals surface area contributed by atoms with Gasteiger partial charge in [-0.25, -0.2) is 0 Å². The van der Waals surface area contributed by atoms with Crippen molar-refractivity contribution in [3.8, 4) is 11.1 Å². The Kier molecular flexibility index (Phi) is 4.83. The molecule has 7 heteroatoms. The van der Waals surface area contributed by atoms with Gasteiger partial charge in [-0.15, -0.1) is 0 Å². The first kappa shape index (κ1) is 19.7. The summed E-state index contributed by atoms with van der Waals surface area (Å²) in [4.78, 5) is 27.6. The maximum Gasteiger partial charge on any atom is 0.256 e. The van der Waals surface area contributed by atoms with Crippen molar-refractivity contribution in [1.82, 2.24) is 4.98 Å². The van der Waals surface area contributed by atoms with Crippen LogP contribution in [0.2, 0.25) is 0 Å². The number of nitrogens with one attached hydrogen (secondary N) is 2. The number of fused-ring (bicyclic) bond motifs is 1.